The van der Waals surface area contributed by atoms with Gasteiger partial charge in [-0.3, -0.25) is 13.3 Å². The molecule has 0 saturated carbocycles. The number of anilines is 2. The molecule has 47 heavy (non-hydrogen) atoms. The maximum atomic E-state index is 13.7. The zero-order valence-electron chi connectivity index (χ0n) is 25.8. The molecule has 2 aromatic carbocycles. The summed E-state index contributed by atoms with van der Waals surface area (Å²) in [6.07, 6.45) is -3.04. The van der Waals surface area contributed by atoms with E-state index >= 15 is 0 Å². The summed E-state index contributed by atoms with van der Waals surface area (Å²) in [5, 5.41) is 1.77. The molecule has 1 fully saturated rings. The standard InChI is InChI=1S/C31H33ClF4N4O6S/c1-18-13-20(33)5-6-25(18)45-26-16-23(31(34,35)36)24(32)15-22(26)28(41)38-21-7-10-37-27(14-21)40(47(43)44)17-19-8-11-39(12-9-19)29(42)46-30(2,3)4/h5-7,10,13-16,19H,8-9,11-12,17H2,1-4H3,(H,43,44)(H,37,38,41)/p-1. The number of hydrogen-bond donors (Lipinski definition) is 1. The second-order valence-electron chi connectivity index (χ2n) is 11.9. The third-order valence-corrected chi connectivity index (χ3v) is 8.11. The van der Waals surface area contributed by atoms with Crippen LogP contribution in [0.25, 0.3) is 0 Å². The van der Waals surface area contributed by atoms with Crippen molar-refractivity contribution in [1.82, 2.24) is 9.88 Å². The fourth-order valence-electron chi connectivity index (χ4n) is 4.80. The lowest BCUT2D eigenvalue weighted by Gasteiger charge is -2.36. The van der Waals surface area contributed by atoms with Crippen molar-refractivity contribution in [3.8, 4) is 11.5 Å². The number of hydrogen-bond acceptors (Lipinski definition) is 7. The Morgan fingerprint density at radius 1 is 1.11 bits per heavy atom. The van der Waals surface area contributed by atoms with Crippen molar-refractivity contribution in [2.45, 2.75) is 52.3 Å². The van der Waals surface area contributed by atoms with Crippen LogP contribution < -0.4 is 14.4 Å². The Morgan fingerprint density at radius 3 is 2.38 bits per heavy atom. The Morgan fingerprint density at radius 2 is 1.79 bits per heavy atom. The first kappa shape index (κ1) is 35.9. The van der Waals surface area contributed by atoms with Crippen LogP contribution in [0.4, 0.5) is 33.9 Å². The number of ether oxygens (including phenoxy) is 2. The predicted molar refractivity (Wildman–Crippen MR) is 167 cm³/mol. The summed E-state index contributed by atoms with van der Waals surface area (Å²) < 4.78 is 91.2. The van der Waals surface area contributed by atoms with Crippen LogP contribution in [0.15, 0.2) is 48.7 Å². The highest BCUT2D eigenvalue weighted by Crippen LogP contribution is 2.40. The SMILES string of the molecule is Cc1cc(F)ccc1Oc1cc(C(F)(F)F)c(Cl)cc1C(=O)Nc1ccnc(N(CC2CCN(C(=O)OC(C)(C)C)CC2)S(=O)[O-])c1. The maximum absolute atomic E-state index is 13.7. The number of alkyl halides is 3. The molecule has 1 N–H and O–H groups in total. The largest absolute Gasteiger partial charge is 0.755 e. The van der Waals surface area contributed by atoms with E-state index in [0.717, 1.165) is 22.5 Å². The van der Waals surface area contributed by atoms with E-state index in [9.17, 15) is 35.9 Å². The number of nitrogens with zero attached hydrogens (tertiary/aromatic N) is 3. The molecule has 1 aliphatic rings. The molecule has 0 bridgehead atoms. The lowest BCUT2D eigenvalue weighted by atomic mass is 9.97. The molecule has 1 atom stereocenters. The van der Waals surface area contributed by atoms with Crippen molar-refractivity contribution in [3.63, 3.8) is 0 Å². The molecule has 3 aromatic rings. The first-order valence-corrected chi connectivity index (χ1v) is 15.8. The van der Waals surface area contributed by atoms with Gasteiger partial charge in [-0.25, -0.2) is 14.2 Å². The van der Waals surface area contributed by atoms with Crippen LogP contribution in [0.1, 0.15) is 55.1 Å². The van der Waals surface area contributed by atoms with Gasteiger partial charge in [0.15, 0.2) is 0 Å². The summed E-state index contributed by atoms with van der Waals surface area (Å²) >= 11 is 3.16. The van der Waals surface area contributed by atoms with Crippen molar-refractivity contribution in [2.75, 3.05) is 29.3 Å². The number of rotatable bonds is 8. The molecular formula is C31H32ClF4N4O6S-. The number of carbonyl (C=O) groups is 2. The van der Waals surface area contributed by atoms with Crippen molar-refractivity contribution < 1.29 is 45.4 Å². The predicted octanol–water partition coefficient (Wildman–Crippen LogP) is 7.49. The molecule has 2 amide bonds. The number of pyridine rings is 1. The van der Waals surface area contributed by atoms with Crippen LogP contribution in [0.3, 0.4) is 0 Å². The van der Waals surface area contributed by atoms with Gasteiger partial charge in [-0.2, -0.15) is 13.2 Å². The van der Waals surface area contributed by atoms with Crippen LogP contribution in [-0.4, -0.2) is 55.9 Å². The fraction of sp³-hybridized carbons (Fsp3) is 0.387. The highest BCUT2D eigenvalue weighted by molar-refractivity contribution is 7.80. The molecule has 254 valence electrons. The van der Waals surface area contributed by atoms with Gasteiger partial charge in [0.05, 0.1) is 16.1 Å². The normalized spacial score (nSPS) is 14.8. The molecular weight excluding hydrogens is 668 g/mol. The van der Waals surface area contributed by atoms with E-state index in [0.29, 0.717) is 32.0 Å². The van der Waals surface area contributed by atoms with Gasteiger partial charge < -0.3 is 24.2 Å². The summed E-state index contributed by atoms with van der Waals surface area (Å²) in [6, 6.07) is 7.42. The first-order valence-electron chi connectivity index (χ1n) is 14.4. The first-order chi connectivity index (χ1) is 21.9. The number of likely N-dealkylation sites (tertiary alicyclic amines) is 1. The number of carbonyl (C=O) groups excluding carboxylic acids is 2. The fourth-order valence-corrected chi connectivity index (χ4v) is 5.66. The quantitative estimate of drug-likeness (QED) is 0.191. The third-order valence-electron chi connectivity index (χ3n) is 7.11. The maximum Gasteiger partial charge on any atom is 0.417 e. The minimum Gasteiger partial charge on any atom is -0.755 e. The third kappa shape index (κ3) is 9.55. The number of aromatic nitrogens is 1. The Kier molecular flexibility index (Phi) is 11.0. The van der Waals surface area contributed by atoms with E-state index in [1.807, 2.05) is 0 Å². The van der Waals surface area contributed by atoms with Gasteiger partial charge in [-0.1, -0.05) is 11.6 Å². The summed E-state index contributed by atoms with van der Waals surface area (Å²) in [5.74, 6) is -2.13. The Balaban J connectivity index is 1.53. The number of amides is 2. The van der Waals surface area contributed by atoms with Gasteiger partial charge in [-0.15, -0.1) is 0 Å². The summed E-state index contributed by atoms with van der Waals surface area (Å²) in [4.78, 5) is 31.5. The van der Waals surface area contributed by atoms with Crippen molar-refractivity contribution in [1.29, 1.82) is 0 Å². The summed E-state index contributed by atoms with van der Waals surface area (Å²) in [6.45, 7) is 7.58. The molecule has 1 aromatic heterocycles. The van der Waals surface area contributed by atoms with Gasteiger partial charge >= 0.3 is 12.3 Å². The zero-order valence-corrected chi connectivity index (χ0v) is 27.4. The minimum absolute atomic E-state index is 0.00703. The van der Waals surface area contributed by atoms with Crippen LogP contribution in [0, 0.1) is 18.7 Å². The number of piperidine rings is 1. The van der Waals surface area contributed by atoms with E-state index in [4.69, 9.17) is 21.1 Å². The van der Waals surface area contributed by atoms with Crippen LogP contribution in [0.5, 0.6) is 11.5 Å². The molecule has 0 aliphatic carbocycles. The van der Waals surface area contributed by atoms with Gasteiger partial charge in [0.1, 0.15) is 28.7 Å². The van der Waals surface area contributed by atoms with Crippen molar-refractivity contribution >= 4 is 46.4 Å². The number of halogens is 5. The van der Waals surface area contributed by atoms with Crippen LogP contribution in [0.2, 0.25) is 5.02 Å². The van der Waals surface area contributed by atoms with E-state index in [2.05, 4.69) is 10.3 Å². The molecule has 0 radical (unpaired) electrons. The molecule has 16 heteroatoms. The number of nitrogens with one attached hydrogen (secondary N) is 1. The molecule has 1 unspecified atom stereocenters. The minimum atomic E-state index is -4.87. The lowest BCUT2D eigenvalue weighted by molar-refractivity contribution is -0.137. The van der Waals surface area contributed by atoms with Crippen molar-refractivity contribution in [3.05, 3.63) is 76.2 Å². The highest BCUT2D eigenvalue weighted by Gasteiger charge is 2.35. The summed E-state index contributed by atoms with van der Waals surface area (Å²) in [5.41, 5.74) is -1.92. The molecule has 1 aliphatic heterocycles. The average Bonchev–Trinajstić information content (AvgIpc) is 2.96. The summed E-state index contributed by atoms with van der Waals surface area (Å²) in [7, 11) is 0. The van der Waals surface area contributed by atoms with Gasteiger partial charge in [0.2, 0.25) is 0 Å². The van der Waals surface area contributed by atoms with E-state index in [1.165, 1.54) is 31.3 Å². The topological polar surface area (TPSA) is 124 Å². The highest BCUT2D eigenvalue weighted by atomic mass is 35.5. The average molecular weight is 700 g/mol. The molecule has 1 saturated heterocycles. The zero-order chi connectivity index (χ0) is 34.7. The molecule has 4 rings (SSSR count). The number of benzene rings is 2. The monoisotopic (exact) mass is 699 g/mol. The second kappa shape index (κ2) is 14.4. The Labute approximate surface area is 276 Å². The molecule has 0 spiro atoms. The van der Waals surface area contributed by atoms with Gasteiger partial charge in [0.25, 0.3) is 5.91 Å². The lowest BCUT2D eigenvalue weighted by Crippen LogP contribution is -2.44. The van der Waals surface area contributed by atoms with Crippen molar-refractivity contribution in [2.24, 2.45) is 5.92 Å². The van der Waals surface area contributed by atoms with Gasteiger partial charge in [0, 0.05) is 48.9 Å². The molecule has 10 nitrogen and oxygen atoms in total. The smallest absolute Gasteiger partial charge is 0.417 e. The molecule has 2 heterocycles. The van der Waals surface area contributed by atoms with E-state index in [1.54, 1.807) is 25.7 Å². The second-order valence-corrected chi connectivity index (χ2v) is 13.2. The van der Waals surface area contributed by atoms with Gasteiger partial charge in [-0.05, 0) is 88.4 Å². The van der Waals surface area contributed by atoms with E-state index < -0.39 is 57.2 Å². The van der Waals surface area contributed by atoms with Crippen LogP contribution in [-0.2, 0) is 22.2 Å². The van der Waals surface area contributed by atoms with E-state index in [-0.39, 0.29) is 40.8 Å². The Hall–Kier alpha value is -3.95. The number of aryl methyl sites for hydroxylation is 1. The Bertz CT molecular complexity index is 1660. The van der Waals surface area contributed by atoms with Crippen LogP contribution >= 0.6 is 11.6 Å².